The van der Waals surface area contributed by atoms with E-state index in [1.54, 1.807) is 0 Å². The summed E-state index contributed by atoms with van der Waals surface area (Å²) in [6.45, 7) is 5.92. The van der Waals surface area contributed by atoms with Crippen molar-refractivity contribution in [1.82, 2.24) is 4.90 Å². The van der Waals surface area contributed by atoms with Crippen molar-refractivity contribution in [3.8, 4) is 0 Å². The zero-order valence-corrected chi connectivity index (χ0v) is 22.6. The lowest BCUT2D eigenvalue weighted by molar-refractivity contribution is 0.211. The zero-order chi connectivity index (χ0) is 25.0. The van der Waals surface area contributed by atoms with Crippen molar-refractivity contribution in [3.63, 3.8) is 0 Å². The predicted octanol–water partition coefficient (Wildman–Crippen LogP) is 9.55. The van der Waals surface area contributed by atoms with Gasteiger partial charge in [-0.3, -0.25) is 0 Å². The number of amides is 2. The van der Waals surface area contributed by atoms with E-state index in [4.69, 9.17) is 0 Å². The molecule has 0 bridgehead atoms. The Bertz CT molecular complexity index is 772. The standard InChI is InChI=1S/C32H50N2O/c1-3-4-5-6-7-8-9-10-11-12-13-14-15-19-27-34(28-26-30-20-17-16-18-21-30)32(35)33-31-24-22-29(2)23-25-31/h16-18,20-25H,3-15,19,26-28H2,1-2H3,(H,33,35). The summed E-state index contributed by atoms with van der Waals surface area (Å²) in [5.74, 6) is 0. The monoisotopic (exact) mass is 478 g/mol. The molecule has 194 valence electrons. The summed E-state index contributed by atoms with van der Waals surface area (Å²) in [5, 5.41) is 3.09. The van der Waals surface area contributed by atoms with E-state index in [9.17, 15) is 4.79 Å². The predicted molar refractivity (Wildman–Crippen MR) is 152 cm³/mol. The molecule has 2 rings (SSSR count). The molecule has 0 radical (unpaired) electrons. The Labute approximate surface area is 215 Å². The molecule has 0 aliphatic heterocycles. The molecule has 0 aromatic heterocycles. The van der Waals surface area contributed by atoms with Crippen molar-refractivity contribution in [1.29, 1.82) is 0 Å². The number of hydrogen-bond acceptors (Lipinski definition) is 1. The van der Waals surface area contributed by atoms with Gasteiger partial charge >= 0.3 is 6.03 Å². The number of benzene rings is 2. The van der Waals surface area contributed by atoms with Crippen LogP contribution in [-0.2, 0) is 6.42 Å². The third kappa shape index (κ3) is 14.0. The second-order valence-corrected chi connectivity index (χ2v) is 10.1. The number of anilines is 1. The van der Waals surface area contributed by atoms with E-state index < -0.39 is 0 Å². The maximum absolute atomic E-state index is 13.0. The molecule has 0 spiro atoms. The van der Waals surface area contributed by atoms with Crippen LogP contribution in [0.2, 0.25) is 0 Å². The van der Waals surface area contributed by atoms with Crippen molar-refractivity contribution in [2.24, 2.45) is 0 Å². The number of carbonyl (C=O) groups is 1. The topological polar surface area (TPSA) is 32.3 Å². The minimum absolute atomic E-state index is 0.0134. The highest BCUT2D eigenvalue weighted by Gasteiger charge is 2.13. The smallest absolute Gasteiger partial charge is 0.321 e. The van der Waals surface area contributed by atoms with E-state index in [-0.39, 0.29) is 6.03 Å². The summed E-state index contributed by atoms with van der Waals surface area (Å²) < 4.78 is 0. The van der Waals surface area contributed by atoms with Crippen molar-refractivity contribution < 1.29 is 4.79 Å². The van der Waals surface area contributed by atoms with E-state index in [0.717, 1.165) is 31.6 Å². The van der Waals surface area contributed by atoms with Gasteiger partial charge < -0.3 is 10.2 Å². The Morgan fingerprint density at radius 3 is 1.71 bits per heavy atom. The highest BCUT2D eigenvalue weighted by atomic mass is 16.2. The number of hydrogen-bond donors (Lipinski definition) is 1. The summed E-state index contributed by atoms with van der Waals surface area (Å²) in [6.07, 6.45) is 19.8. The van der Waals surface area contributed by atoms with Gasteiger partial charge in [0, 0.05) is 18.8 Å². The number of carbonyl (C=O) groups excluding carboxylic acids is 1. The second-order valence-electron chi connectivity index (χ2n) is 10.1. The Morgan fingerprint density at radius 2 is 1.17 bits per heavy atom. The average Bonchev–Trinajstić information content (AvgIpc) is 2.88. The molecule has 0 heterocycles. The molecular weight excluding hydrogens is 428 g/mol. The first-order valence-electron chi connectivity index (χ1n) is 14.4. The van der Waals surface area contributed by atoms with Crippen LogP contribution in [0, 0.1) is 6.92 Å². The number of urea groups is 1. The molecule has 0 saturated carbocycles. The van der Waals surface area contributed by atoms with Gasteiger partial charge in [-0.15, -0.1) is 0 Å². The quantitative estimate of drug-likeness (QED) is 0.200. The molecular formula is C32H50N2O. The molecule has 0 fully saturated rings. The van der Waals surface area contributed by atoms with Crippen LogP contribution in [-0.4, -0.2) is 24.0 Å². The Morgan fingerprint density at radius 1 is 0.657 bits per heavy atom. The largest absolute Gasteiger partial charge is 0.324 e. The van der Waals surface area contributed by atoms with E-state index in [1.165, 1.54) is 94.6 Å². The Balaban J connectivity index is 1.61. The van der Waals surface area contributed by atoms with E-state index in [1.807, 2.05) is 35.2 Å². The van der Waals surface area contributed by atoms with Gasteiger partial charge in [-0.1, -0.05) is 138 Å². The lowest BCUT2D eigenvalue weighted by Crippen LogP contribution is -2.37. The summed E-state index contributed by atoms with van der Waals surface area (Å²) >= 11 is 0. The molecule has 35 heavy (non-hydrogen) atoms. The van der Waals surface area contributed by atoms with Crippen molar-refractivity contribution in [2.75, 3.05) is 18.4 Å². The molecule has 0 atom stereocenters. The lowest BCUT2D eigenvalue weighted by Gasteiger charge is -2.23. The fourth-order valence-electron chi connectivity index (χ4n) is 4.56. The molecule has 0 unspecified atom stereocenters. The summed E-state index contributed by atoms with van der Waals surface area (Å²) in [6, 6.07) is 18.5. The molecule has 2 amide bonds. The van der Waals surface area contributed by atoms with Gasteiger partial charge in [0.15, 0.2) is 0 Å². The first-order valence-corrected chi connectivity index (χ1v) is 14.4. The second kappa shape index (κ2) is 19.0. The van der Waals surface area contributed by atoms with Gasteiger partial charge in [0.2, 0.25) is 0 Å². The number of nitrogens with zero attached hydrogens (tertiary/aromatic N) is 1. The average molecular weight is 479 g/mol. The van der Waals surface area contributed by atoms with E-state index >= 15 is 0 Å². The van der Waals surface area contributed by atoms with Crippen molar-refractivity contribution in [2.45, 2.75) is 110 Å². The van der Waals surface area contributed by atoms with Crippen LogP contribution in [0.4, 0.5) is 10.5 Å². The molecule has 0 aliphatic rings. The maximum atomic E-state index is 13.0. The van der Waals surface area contributed by atoms with Gasteiger partial charge in [-0.05, 0) is 37.5 Å². The van der Waals surface area contributed by atoms with Gasteiger partial charge in [-0.25, -0.2) is 4.79 Å². The number of unbranched alkanes of at least 4 members (excludes halogenated alkanes) is 13. The molecule has 0 aliphatic carbocycles. The lowest BCUT2D eigenvalue weighted by atomic mass is 10.0. The highest BCUT2D eigenvalue weighted by molar-refractivity contribution is 5.89. The Kier molecular flexibility index (Phi) is 15.7. The zero-order valence-electron chi connectivity index (χ0n) is 22.6. The molecule has 1 N–H and O–H groups in total. The number of rotatable bonds is 19. The van der Waals surface area contributed by atoms with E-state index in [0.29, 0.717) is 0 Å². The maximum Gasteiger partial charge on any atom is 0.321 e. The van der Waals surface area contributed by atoms with Crippen molar-refractivity contribution >= 4 is 11.7 Å². The van der Waals surface area contributed by atoms with Crippen LogP contribution in [0.3, 0.4) is 0 Å². The van der Waals surface area contributed by atoms with Crippen molar-refractivity contribution in [3.05, 3.63) is 65.7 Å². The normalized spacial score (nSPS) is 10.9. The van der Waals surface area contributed by atoms with Crippen LogP contribution in [0.15, 0.2) is 54.6 Å². The first-order chi connectivity index (χ1) is 17.2. The van der Waals surface area contributed by atoms with Gasteiger partial charge in [0.25, 0.3) is 0 Å². The van der Waals surface area contributed by atoms with Crippen LogP contribution < -0.4 is 5.32 Å². The number of nitrogens with one attached hydrogen (secondary N) is 1. The number of aryl methyl sites for hydroxylation is 1. The fourth-order valence-corrected chi connectivity index (χ4v) is 4.56. The third-order valence-electron chi connectivity index (χ3n) is 6.88. The minimum Gasteiger partial charge on any atom is -0.324 e. The molecule has 2 aromatic rings. The van der Waals surface area contributed by atoms with Crippen LogP contribution in [0.5, 0.6) is 0 Å². The molecule has 3 nitrogen and oxygen atoms in total. The van der Waals surface area contributed by atoms with Gasteiger partial charge in [0.05, 0.1) is 0 Å². The SMILES string of the molecule is CCCCCCCCCCCCCCCCN(CCc1ccccc1)C(=O)Nc1ccc(C)cc1. The van der Waals surface area contributed by atoms with Gasteiger partial charge in [0.1, 0.15) is 0 Å². The molecule has 0 saturated heterocycles. The summed E-state index contributed by atoms with van der Waals surface area (Å²) in [5.41, 5.74) is 3.35. The molecule has 3 heteroatoms. The summed E-state index contributed by atoms with van der Waals surface area (Å²) in [4.78, 5) is 15.0. The third-order valence-corrected chi connectivity index (χ3v) is 6.88. The Hall–Kier alpha value is -2.29. The summed E-state index contributed by atoms with van der Waals surface area (Å²) in [7, 11) is 0. The van der Waals surface area contributed by atoms with Crippen LogP contribution >= 0.6 is 0 Å². The highest BCUT2D eigenvalue weighted by Crippen LogP contribution is 2.14. The first kappa shape index (κ1) is 28.9. The van der Waals surface area contributed by atoms with Crippen LogP contribution in [0.25, 0.3) is 0 Å². The minimum atomic E-state index is 0.0134. The van der Waals surface area contributed by atoms with Crippen LogP contribution in [0.1, 0.15) is 108 Å². The fraction of sp³-hybridized carbons (Fsp3) is 0.594. The molecule has 2 aromatic carbocycles. The van der Waals surface area contributed by atoms with Gasteiger partial charge in [-0.2, -0.15) is 0 Å². The van der Waals surface area contributed by atoms with E-state index in [2.05, 4.69) is 43.4 Å².